The summed E-state index contributed by atoms with van der Waals surface area (Å²) in [6, 6.07) is 8.28. The minimum Gasteiger partial charge on any atom is -0.200 e. The summed E-state index contributed by atoms with van der Waals surface area (Å²) >= 11 is 0. The van der Waals surface area contributed by atoms with Gasteiger partial charge in [-0.1, -0.05) is 18.1 Å². The number of para-hydroxylation sites is 1. The first-order chi connectivity index (χ1) is 6.74. The Morgan fingerprint density at radius 1 is 1.36 bits per heavy atom. The normalized spacial score (nSPS) is 17.1. The standard InChI is InChI=1S/C13H12N/c1-4-10(2)12-9-14(3)13-8-6-5-7-11(12)13/h1,5-9H,2-3H3/q+1. The van der Waals surface area contributed by atoms with E-state index in [2.05, 4.69) is 28.8 Å². The molecular formula is C13H12N+. The van der Waals surface area contributed by atoms with Gasteiger partial charge in [-0.2, -0.15) is 0 Å². The Kier molecular flexibility index (Phi) is 1.98. The number of rotatable bonds is 0. The molecule has 0 unspecified atom stereocenters. The van der Waals surface area contributed by atoms with Crippen LogP contribution in [0.3, 0.4) is 0 Å². The summed E-state index contributed by atoms with van der Waals surface area (Å²) in [6.07, 6.45) is 7.49. The van der Waals surface area contributed by atoms with Crippen LogP contribution in [0.4, 0.5) is 5.69 Å². The van der Waals surface area contributed by atoms with E-state index in [1.54, 1.807) is 0 Å². The van der Waals surface area contributed by atoms with Crippen molar-refractivity contribution < 1.29 is 4.58 Å². The highest BCUT2D eigenvalue weighted by Crippen LogP contribution is 2.31. The maximum Gasteiger partial charge on any atom is 0.213 e. The van der Waals surface area contributed by atoms with E-state index in [1.807, 2.05) is 26.1 Å². The largest absolute Gasteiger partial charge is 0.213 e. The monoisotopic (exact) mass is 182 g/mol. The van der Waals surface area contributed by atoms with Crippen LogP contribution in [-0.4, -0.2) is 17.8 Å². The van der Waals surface area contributed by atoms with Crippen molar-refractivity contribution in [2.24, 2.45) is 0 Å². The first-order valence-electron chi connectivity index (χ1n) is 4.58. The van der Waals surface area contributed by atoms with Crippen LogP contribution in [0.2, 0.25) is 0 Å². The molecule has 2 rings (SSSR count). The van der Waals surface area contributed by atoms with Gasteiger partial charge in [-0.15, -0.1) is 6.42 Å². The summed E-state index contributed by atoms with van der Waals surface area (Å²) in [5.74, 6) is 2.69. The number of hydrogen-bond donors (Lipinski definition) is 0. The second kappa shape index (κ2) is 3.16. The molecule has 1 heteroatoms. The van der Waals surface area contributed by atoms with Gasteiger partial charge in [0.2, 0.25) is 5.69 Å². The smallest absolute Gasteiger partial charge is 0.200 e. The lowest BCUT2D eigenvalue weighted by Crippen LogP contribution is -1.91. The van der Waals surface area contributed by atoms with Gasteiger partial charge >= 0.3 is 0 Å². The highest BCUT2D eigenvalue weighted by Gasteiger charge is 2.23. The number of hydrogen-bond acceptors (Lipinski definition) is 0. The predicted octanol–water partition coefficient (Wildman–Crippen LogP) is 2.45. The third-order valence-electron chi connectivity index (χ3n) is 2.52. The Morgan fingerprint density at radius 2 is 2.07 bits per heavy atom. The van der Waals surface area contributed by atoms with Crippen molar-refractivity contribution in [3.63, 3.8) is 0 Å². The first kappa shape index (κ1) is 8.77. The van der Waals surface area contributed by atoms with E-state index >= 15 is 0 Å². The topological polar surface area (TPSA) is 3.01 Å². The Labute approximate surface area is 84.4 Å². The molecule has 1 aromatic rings. The average Bonchev–Trinajstić information content (AvgIpc) is 2.56. The Balaban J connectivity index is 2.71. The van der Waals surface area contributed by atoms with Gasteiger partial charge in [0.25, 0.3) is 0 Å². The van der Waals surface area contributed by atoms with Crippen LogP contribution < -0.4 is 0 Å². The van der Waals surface area contributed by atoms with Crippen molar-refractivity contribution in [3.8, 4) is 12.3 Å². The zero-order valence-corrected chi connectivity index (χ0v) is 8.41. The number of nitrogens with zero attached hydrogens (tertiary/aromatic N) is 1. The molecule has 0 spiro atoms. The van der Waals surface area contributed by atoms with E-state index in [0.717, 1.165) is 11.1 Å². The molecule has 0 saturated carbocycles. The van der Waals surface area contributed by atoms with Crippen molar-refractivity contribution in [2.75, 3.05) is 7.05 Å². The number of allylic oxidation sites excluding steroid dienone is 2. The van der Waals surface area contributed by atoms with Gasteiger partial charge in [-0.05, 0) is 13.0 Å². The van der Waals surface area contributed by atoms with Crippen molar-refractivity contribution >= 4 is 17.5 Å². The van der Waals surface area contributed by atoms with E-state index in [0.29, 0.717) is 0 Å². The highest BCUT2D eigenvalue weighted by atomic mass is 15.0. The van der Waals surface area contributed by atoms with Crippen LogP contribution in [0.5, 0.6) is 0 Å². The molecular weight excluding hydrogens is 170 g/mol. The molecule has 68 valence electrons. The van der Waals surface area contributed by atoms with Crippen molar-refractivity contribution in [1.82, 2.24) is 0 Å². The minimum absolute atomic E-state index is 0.988. The van der Waals surface area contributed by atoms with Crippen molar-refractivity contribution in [1.29, 1.82) is 0 Å². The Morgan fingerprint density at radius 3 is 2.79 bits per heavy atom. The molecule has 1 aliphatic rings. The molecule has 0 radical (unpaired) electrons. The summed E-state index contributed by atoms with van der Waals surface area (Å²) < 4.78 is 2.10. The van der Waals surface area contributed by atoms with Gasteiger partial charge in [-0.3, -0.25) is 0 Å². The molecule has 0 bridgehead atoms. The van der Waals surface area contributed by atoms with Crippen molar-refractivity contribution in [2.45, 2.75) is 6.92 Å². The molecule has 0 aliphatic carbocycles. The van der Waals surface area contributed by atoms with Gasteiger partial charge in [0.05, 0.1) is 11.1 Å². The van der Waals surface area contributed by atoms with Gasteiger partial charge < -0.3 is 0 Å². The molecule has 0 aromatic heterocycles. The van der Waals surface area contributed by atoms with Crippen LogP contribution in [0.25, 0.3) is 5.57 Å². The van der Waals surface area contributed by atoms with Crippen LogP contribution >= 0.6 is 0 Å². The summed E-state index contributed by atoms with van der Waals surface area (Å²) in [4.78, 5) is 0. The summed E-state index contributed by atoms with van der Waals surface area (Å²) in [7, 11) is 2.04. The second-order valence-corrected chi connectivity index (χ2v) is 3.44. The fraction of sp³-hybridized carbons (Fsp3) is 0.154. The van der Waals surface area contributed by atoms with Gasteiger partial charge in [0.1, 0.15) is 7.05 Å². The molecule has 1 aliphatic heterocycles. The minimum atomic E-state index is 0.988. The quantitative estimate of drug-likeness (QED) is 0.428. The van der Waals surface area contributed by atoms with E-state index in [1.165, 1.54) is 11.3 Å². The van der Waals surface area contributed by atoms with Crippen molar-refractivity contribution in [3.05, 3.63) is 35.4 Å². The van der Waals surface area contributed by atoms with Gasteiger partial charge in [0.15, 0.2) is 6.21 Å². The van der Waals surface area contributed by atoms with Crippen LogP contribution in [0.1, 0.15) is 12.5 Å². The number of benzene rings is 1. The molecule has 0 N–H and O–H groups in total. The number of fused-ring (bicyclic) bond motifs is 1. The van der Waals surface area contributed by atoms with Crippen LogP contribution in [0, 0.1) is 12.3 Å². The molecule has 0 amide bonds. The zero-order chi connectivity index (χ0) is 10.1. The molecule has 0 saturated heterocycles. The average molecular weight is 182 g/mol. The SMILES string of the molecule is C#CC(C)=C1C=[N+](C)c2ccccc21. The fourth-order valence-electron chi connectivity index (χ4n) is 1.72. The fourth-order valence-corrected chi connectivity index (χ4v) is 1.72. The van der Waals surface area contributed by atoms with Crippen LogP contribution in [-0.2, 0) is 0 Å². The van der Waals surface area contributed by atoms with E-state index in [-0.39, 0.29) is 0 Å². The maximum absolute atomic E-state index is 5.41. The van der Waals surface area contributed by atoms with E-state index in [4.69, 9.17) is 6.42 Å². The highest BCUT2D eigenvalue weighted by molar-refractivity contribution is 6.14. The molecule has 0 atom stereocenters. The second-order valence-electron chi connectivity index (χ2n) is 3.44. The molecule has 1 nitrogen and oxygen atoms in total. The van der Waals surface area contributed by atoms with E-state index in [9.17, 15) is 0 Å². The third kappa shape index (κ3) is 1.16. The molecule has 1 aromatic carbocycles. The predicted molar refractivity (Wildman–Crippen MR) is 59.8 cm³/mol. The maximum atomic E-state index is 5.41. The lowest BCUT2D eigenvalue weighted by atomic mass is 10.0. The third-order valence-corrected chi connectivity index (χ3v) is 2.52. The summed E-state index contributed by atoms with van der Waals surface area (Å²) in [5.41, 5.74) is 4.59. The summed E-state index contributed by atoms with van der Waals surface area (Å²) in [6.45, 7) is 1.97. The lowest BCUT2D eigenvalue weighted by Gasteiger charge is -1.95. The Hall–Kier alpha value is -1.81. The van der Waals surface area contributed by atoms with Crippen LogP contribution in [0.15, 0.2) is 29.8 Å². The molecule has 1 heterocycles. The van der Waals surface area contributed by atoms with Gasteiger partial charge in [-0.25, -0.2) is 4.58 Å². The summed E-state index contributed by atoms with van der Waals surface area (Å²) in [5, 5.41) is 0. The lowest BCUT2D eigenvalue weighted by molar-refractivity contribution is -0.395. The Bertz CT molecular complexity index is 484. The first-order valence-corrected chi connectivity index (χ1v) is 4.58. The zero-order valence-electron chi connectivity index (χ0n) is 8.41. The van der Waals surface area contributed by atoms with E-state index < -0.39 is 0 Å². The number of terminal acetylenes is 1. The molecule has 0 fully saturated rings. The molecule has 14 heavy (non-hydrogen) atoms. The van der Waals surface area contributed by atoms with Gasteiger partial charge in [0, 0.05) is 11.6 Å².